The molecule has 0 N–H and O–H groups in total. The number of fused-ring (bicyclic) bond motifs is 8. The van der Waals surface area contributed by atoms with E-state index >= 15 is 0 Å². The van der Waals surface area contributed by atoms with E-state index in [9.17, 15) is 0 Å². The number of nitrogens with zero attached hydrogens (tertiary/aromatic N) is 3. The van der Waals surface area contributed by atoms with Crippen molar-refractivity contribution in [3.63, 3.8) is 0 Å². The van der Waals surface area contributed by atoms with Gasteiger partial charge in [0.05, 0.1) is 28.1 Å². The average Bonchev–Trinajstić information content (AvgIpc) is 3.60. The van der Waals surface area contributed by atoms with Crippen molar-refractivity contribution in [3.05, 3.63) is 180 Å². The first-order chi connectivity index (χ1) is 27.4. The van der Waals surface area contributed by atoms with Gasteiger partial charge in [0.1, 0.15) is 0 Å². The lowest BCUT2D eigenvalue weighted by Gasteiger charge is -2.45. The van der Waals surface area contributed by atoms with Crippen LogP contribution in [0.3, 0.4) is 0 Å². The van der Waals surface area contributed by atoms with Crippen LogP contribution in [0.2, 0.25) is 0 Å². The highest BCUT2D eigenvalue weighted by atomic mass is 15.2. The van der Waals surface area contributed by atoms with Crippen molar-refractivity contribution in [1.29, 1.82) is 0 Å². The van der Waals surface area contributed by atoms with Gasteiger partial charge >= 0.3 is 6.85 Å². The quantitative estimate of drug-likeness (QED) is 0.165. The van der Waals surface area contributed by atoms with Gasteiger partial charge in [-0.15, -0.1) is 0 Å². The van der Waals surface area contributed by atoms with E-state index < -0.39 is 0 Å². The van der Waals surface area contributed by atoms with E-state index in [2.05, 4.69) is 200 Å². The molecular weight excluding hydrogens is 677 g/mol. The summed E-state index contributed by atoms with van der Waals surface area (Å²) in [6.45, 7) is 9.64. The normalized spacial score (nSPS) is 16.0. The second-order valence-electron chi connectivity index (χ2n) is 17.3. The molecule has 0 atom stereocenters. The van der Waals surface area contributed by atoms with Crippen molar-refractivity contribution in [1.82, 2.24) is 4.57 Å². The van der Waals surface area contributed by atoms with Crippen molar-refractivity contribution in [2.75, 3.05) is 9.71 Å². The van der Waals surface area contributed by atoms with E-state index in [-0.39, 0.29) is 17.7 Å². The molecule has 0 unspecified atom stereocenters. The van der Waals surface area contributed by atoms with Crippen LogP contribution in [0, 0.1) is 0 Å². The van der Waals surface area contributed by atoms with Crippen LogP contribution in [0.25, 0.3) is 49.4 Å². The van der Waals surface area contributed by atoms with Crippen LogP contribution in [0.5, 0.6) is 0 Å². The number of para-hydroxylation sites is 5. The van der Waals surface area contributed by atoms with E-state index in [1.807, 2.05) is 0 Å². The molecule has 4 heteroatoms. The fourth-order valence-electron chi connectivity index (χ4n) is 11.4. The molecule has 56 heavy (non-hydrogen) atoms. The zero-order valence-electron chi connectivity index (χ0n) is 31.9. The molecule has 9 aromatic rings. The molecule has 0 saturated carbocycles. The van der Waals surface area contributed by atoms with Crippen molar-refractivity contribution in [3.8, 4) is 16.8 Å². The van der Waals surface area contributed by atoms with E-state index in [1.165, 1.54) is 111 Å². The Bertz CT molecular complexity index is 3170. The van der Waals surface area contributed by atoms with E-state index in [0.717, 1.165) is 0 Å². The Morgan fingerprint density at radius 2 is 1.09 bits per heavy atom. The van der Waals surface area contributed by atoms with Gasteiger partial charge in [0.25, 0.3) is 0 Å². The number of hydrogen-bond donors (Lipinski definition) is 0. The lowest BCUT2D eigenvalue weighted by Crippen LogP contribution is -2.61. The van der Waals surface area contributed by atoms with Crippen LogP contribution in [0.15, 0.2) is 158 Å². The first kappa shape index (κ1) is 30.8. The predicted octanol–water partition coefficient (Wildman–Crippen LogP) is 11.9. The van der Waals surface area contributed by atoms with Crippen molar-refractivity contribution in [2.45, 2.75) is 38.5 Å². The number of rotatable bonds is 2. The minimum atomic E-state index is -0.225. The van der Waals surface area contributed by atoms with E-state index in [1.54, 1.807) is 0 Å². The molecule has 4 aliphatic heterocycles. The maximum absolute atomic E-state index is 2.71. The Hall–Kier alpha value is -6.52. The summed E-state index contributed by atoms with van der Waals surface area (Å²) < 4.78 is 2.71. The molecule has 8 aromatic carbocycles. The van der Waals surface area contributed by atoms with Crippen LogP contribution in [0.1, 0.15) is 49.9 Å². The average molecular weight is 716 g/mol. The molecule has 5 heterocycles. The van der Waals surface area contributed by atoms with Gasteiger partial charge in [-0.1, -0.05) is 143 Å². The highest BCUT2D eigenvalue weighted by Gasteiger charge is 2.49. The van der Waals surface area contributed by atoms with Gasteiger partial charge in [0.2, 0.25) is 0 Å². The van der Waals surface area contributed by atoms with Crippen LogP contribution >= 0.6 is 0 Å². The second kappa shape index (κ2) is 10.2. The lowest BCUT2D eigenvalue weighted by atomic mass is 9.43. The highest BCUT2D eigenvalue weighted by Crippen LogP contribution is 2.58. The topological polar surface area (TPSA) is 11.4 Å². The number of benzene rings is 8. The molecule has 0 amide bonds. The molecule has 1 aromatic heterocycles. The van der Waals surface area contributed by atoms with Gasteiger partial charge in [-0.3, -0.25) is 0 Å². The standard InChI is InChI=1S/C52H38BN3/c1-51(2)36-22-11-14-27-42(36)54(43-28-15-12-23-37(43)51)44-30-35-34-21-10-13-26-41(34)56(32-18-6-5-7-19-32)53-40-25-16-24-38-48(40)55-49-39(52(38,3)4)29-31-17-8-9-20-33(31)45(49)46(44)50(55)47(35)53/h5-30H,1-4H3. The van der Waals surface area contributed by atoms with Gasteiger partial charge in [-0.25, -0.2) is 0 Å². The first-order valence-corrected chi connectivity index (χ1v) is 20.0. The van der Waals surface area contributed by atoms with E-state index in [0.29, 0.717) is 0 Å². The third-order valence-corrected chi connectivity index (χ3v) is 13.9. The summed E-state index contributed by atoms with van der Waals surface area (Å²) >= 11 is 0. The number of aromatic nitrogens is 1. The predicted molar refractivity (Wildman–Crippen MR) is 236 cm³/mol. The summed E-state index contributed by atoms with van der Waals surface area (Å²) in [6, 6.07) is 59.7. The molecule has 0 saturated heterocycles. The van der Waals surface area contributed by atoms with Gasteiger partial charge in [0.15, 0.2) is 0 Å². The minimum absolute atomic E-state index is 0.0194. The number of anilines is 5. The van der Waals surface area contributed by atoms with Crippen molar-refractivity contribution in [2.24, 2.45) is 0 Å². The summed E-state index contributed by atoms with van der Waals surface area (Å²) in [5.41, 5.74) is 20.6. The van der Waals surface area contributed by atoms with Crippen LogP contribution in [-0.4, -0.2) is 11.4 Å². The Balaban J connectivity index is 1.31. The highest BCUT2D eigenvalue weighted by molar-refractivity contribution is 6.94. The summed E-state index contributed by atoms with van der Waals surface area (Å²) in [6.07, 6.45) is 0. The maximum atomic E-state index is 2.71. The molecule has 0 radical (unpaired) electrons. The second-order valence-corrected chi connectivity index (χ2v) is 17.3. The first-order valence-electron chi connectivity index (χ1n) is 20.0. The Morgan fingerprint density at radius 3 is 1.86 bits per heavy atom. The fourth-order valence-corrected chi connectivity index (χ4v) is 11.4. The SMILES string of the molecule is CC1(C)c2ccccc2N(c2cc3c4c5c2c2c6ccccc6cc6c2n5-c2c(cccc2C6(C)C)B4N(c2ccccc2)c2ccccc2-3)c2ccccc21. The van der Waals surface area contributed by atoms with Crippen molar-refractivity contribution >= 4 is 78.8 Å². The lowest BCUT2D eigenvalue weighted by molar-refractivity contribution is 0.632. The third kappa shape index (κ3) is 3.49. The molecule has 0 aliphatic carbocycles. The summed E-state index contributed by atoms with van der Waals surface area (Å²) in [5, 5.41) is 5.28. The maximum Gasteiger partial charge on any atom is 0.333 e. The van der Waals surface area contributed by atoms with Gasteiger partial charge in [-0.05, 0) is 92.0 Å². The molecule has 0 spiro atoms. The van der Waals surface area contributed by atoms with Crippen LogP contribution < -0.4 is 20.6 Å². The molecule has 4 aliphatic rings. The van der Waals surface area contributed by atoms with Crippen molar-refractivity contribution < 1.29 is 0 Å². The van der Waals surface area contributed by atoms with Gasteiger partial charge in [0, 0.05) is 44.2 Å². The molecule has 0 bridgehead atoms. The molecule has 13 rings (SSSR count). The minimum Gasteiger partial charge on any atom is -0.376 e. The number of hydrogen-bond acceptors (Lipinski definition) is 2. The zero-order valence-corrected chi connectivity index (χ0v) is 31.9. The summed E-state index contributed by atoms with van der Waals surface area (Å²) in [5.74, 6) is 0. The summed E-state index contributed by atoms with van der Waals surface area (Å²) in [4.78, 5) is 5.24. The van der Waals surface area contributed by atoms with E-state index in [4.69, 9.17) is 0 Å². The van der Waals surface area contributed by atoms with Gasteiger partial charge < -0.3 is 14.3 Å². The fraction of sp³-hybridized carbons (Fsp3) is 0.115. The largest absolute Gasteiger partial charge is 0.376 e. The smallest absolute Gasteiger partial charge is 0.333 e. The van der Waals surface area contributed by atoms with Gasteiger partial charge in [-0.2, -0.15) is 0 Å². The molecular formula is C52H38BN3. The molecule has 0 fully saturated rings. The monoisotopic (exact) mass is 715 g/mol. The Kier molecular flexibility index (Phi) is 5.61. The molecule has 264 valence electrons. The third-order valence-electron chi connectivity index (χ3n) is 13.9. The molecule has 3 nitrogen and oxygen atoms in total. The van der Waals surface area contributed by atoms with Crippen LogP contribution in [-0.2, 0) is 10.8 Å². The Morgan fingerprint density at radius 1 is 0.464 bits per heavy atom. The zero-order chi connectivity index (χ0) is 37.2. The Labute approximate surface area is 327 Å². The summed E-state index contributed by atoms with van der Waals surface area (Å²) in [7, 11) is 0. The van der Waals surface area contributed by atoms with Crippen LogP contribution in [0.4, 0.5) is 28.4 Å².